The first-order valence-corrected chi connectivity index (χ1v) is 18.2. The summed E-state index contributed by atoms with van der Waals surface area (Å²) >= 11 is 0. The standard InChI is InChI=1S/C39H62N2O6/c1-23(2)24-14-19-39(40-31(43)32(44)41(10)11)21-20-37(8)25(30(24)39)12-13-27-36(7)17-16-28(47-29(42)22-34(3,4)33(45)46)35(5,6)26(36)15-18-38(27,37)9/h24-28,30H,1,12-22H2,2-11H3,(H,40,43)(H,45,46)/t24-,25+,26-,27+,28-,30+,36-,37+,38+,39-/m0/s1. The summed E-state index contributed by atoms with van der Waals surface area (Å²) in [5, 5.41) is 12.9. The number of esters is 1. The van der Waals surface area contributed by atoms with Crippen molar-refractivity contribution in [1.82, 2.24) is 10.2 Å². The van der Waals surface area contributed by atoms with E-state index < -0.39 is 29.2 Å². The van der Waals surface area contributed by atoms with Crippen molar-refractivity contribution >= 4 is 23.8 Å². The number of nitrogens with one attached hydrogen (secondary N) is 1. The molecule has 0 saturated heterocycles. The lowest BCUT2D eigenvalue weighted by Gasteiger charge is -2.73. The maximum absolute atomic E-state index is 13.3. The molecule has 0 aromatic rings. The van der Waals surface area contributed by atoms with Gasteiger partial charge in [-0.1, -0.05) is 46.8 Å². The Bertz CT molecular complexity index is 1340. The van der Waals surface area contributed by atoms with Crippen molar-refractivity contribution in [2.75, 3.05) is 14.1 Å². The summed E-state index contributed by atoms with van der Waals surface area (Å²) in [6.07, 6.45) is 9.67. The fourth-order valence-electron chi connectivity index (χ4n) is 12.7. The van der Waals surface area contributed by atoms with Crippen LogP contribution in [0, 0.1) is 56.7 Å². The van der Waals surface area contributed by atoms with Crippen LogP contribution in [0.3, 0.4) is 0 Å². The molecule has 8 nitrogen and oxygen atoms in total. The van der Waals surface area contributed by atoms with Crippen molar-refractivity contribution in [3.05, 3.63) is 12.2 Å². The Labute approximate surface area is 283 Å². The number of hydrogen-bond donors (Lipinski definition) is 2. The Kier molecular flexibility index (Phi) is 8.87. The number of carboxylic acids is 1. The molecule has 264 valence electrons. The van der Waals surface area contributed by atoms with Crippen molar-refractivity contribution in [2.24, 2.45) is 56.7 Å². The van der Waals surface area contributed by atoms with Crippen molar-refractivity contribution < 1.29 is 29.0 Å². The van der Waals surface area contributed by atoms with E-state index in [0.29, 0.717) is 23.7 Å². The number of likely N-dealkylation sites (N-methyl/N-ethyl adjacent to an activating group) is 1. The molecule has 5 fully saturated rings. The summed E-state index contributed by atoms with van der Waals surface area (Å²) < 4.78 is 6.14. The molecule has 8 heteroatoms. The number of allylic oxidation sites excluding steroid dienone is 1. The molecule has 2 N–H and O–H groups in total. The SMILES string of the molecule is C=C(C)[C@@H]1CC[C@]2(NC(=O)C(=O)N(C)C)CC[C@]3(C)[C@H](CC[C@@H]4[C@@]5(C)CC[C@H](OC(=O)CC(C)(C)C(=O)O)C(C)(C)[C@@H]5CC[C@]43C)[C@@H]12. The van der Waals surface area contributed by atoms with Crippen molar-refractivity contribution in [1.29, 1.82) is 0 Å². The highest BCUT2D eigenvalue weighted by Crippen LogP contribution is 2.76. The number of carbonyl (C=O) groups excluding carboxylic acids is 3. The molecule has 2 amide bonds. The predicted octanol–water partition coefficient (Wildman–Crippen LogP) is 7.01. The Morgan fingerprint density at radius 1 is 0.872 bits per heavy atom. The number of aliphatic carboxylic acids is 1. The van der Waals surface area contributed by atoms with E-state index >= 15 is 0 Å². The molecule has 0 spiro atoms. The van der Waals surface area contributed by atoms with Crippen LogP contribution in [0.5, 0.6) is 0 Å². The highest BCUT2D eigenvalue weighted by atomic mass is 16.5. The Morgan fingerprint density at radius 3 is 2.13 bits per heavy atom. The van der Waals surface area contributed by atoms with Gasteiger partial charge in [-0.3, -0.25) is 19.2 Å². The molecular weight excluding hydrogens is 592 g/mol. The highest BCUT2D eigenvalue weighted by molar-refractivity contribution is 6.35. The summed E-state index contributed by atoms with van der Waals surface area (Å²) in [6, 6.07) is 0. The van der Waals surface area contributed by atoms with E-state index in [1.807, 2.05) is 0 Å². The molecule has 0 aliphatic heterocycles. The fraction of sp³-hybridized carbons (Fsp3) is 0.846. The number of amides is 2. The van der Waals surface area contributed by atoms with Crippen LogP contribution in [0.15, 0.2) is 12.2 Å². The molecule has 0 radical (unpaired) electrons. The molecule has 0 unspecified atom stereocenters. The number of rotatable bonds is 6. The van der Waals surface area contributed by atoms with Gasteiger partial charge in [-0.15, -0.1) is 0 Å². The van der Waals surface area contributed by atoms with E-state index in [4.69, 9.17) is 4.74 Å². The first-order valence-electron chi connectivity index (χ1n) is 18.2. The molecule has 0 heterocycles. The topological polar surface area (TPSA) is 113 Å². The molecule has 10 atom stereocenters. The third-order valence-electron chi connectivity index (χ3n) is 15.4. The minimum absolute atomic E-state index is 0.0856. The predicted molar refractivity (Wildman–Crippen MR) is 182 cm³/mol. The first-order chi connectivity index (χ1) is 21.6. The van der Waals surface area contributed by atoms with Crippen LogP contribution in [0.2, 0.25) is 0 Å². The Hall–Kier alpha value is -2.38. The molecule has 0 aromatic carbocycles. The third-order valence-corrected chi connectivity index (χ3v) is 15.4. The molecule has 5 aliphatic rings. The number of fused-ring (bicyclic) bond motifs is 7. The van der Waals surface area contributed by atoms with Crippen LogP contribution in [-0.2, 0) is 23.9 Å². The van der Waals surface area contributed by atoms with Crippen molar-refractivity contribution in [3.63, 3.8) is 0 Å². The van der Waals surface area contributed by atoms with Gasteiger partial charge < -0.3 is 20.1 Å². The van der Waals surface area contributed by atoms with Crippen molar-refractivity contribution in [2.45, 2.75) is 138 Å². The Morgan fingerprint density at radius 2 is 1.53 bits per heavy atom. The van der Waals surface area contributed by atoms with Gasteiger partial charge >= 0.3 is 23.8 Å². The second kappa shape index (κ2) is 11.6. The molecule has 5 aliphatic carbocycles. The van der Waals surface area contributed by atoms with Gasteiger partial charge in [-0.25, -0.2) is 0 Å². The van der Waals surface area contributed by atoms with E-state index in [1.54, 1.807) is 27.9 Å². The van der Waals surface area contributed by atoms with Gasteiger partial charge in [0.25, 0.3) is 0 Å². The number of nitrogens with zero attached hydrogens (tertiary/aromatic N) is 1. The van der Waals surface area contributed by atoms with E-state index in [2.05, 4.69) is 53.4 Å². The zero-order valence-electron chi connectivity index (χ0n) is 30.9. The van der Waals surface area contributed by atoms with Gasteiger partial charge in [0, 0.05) is 25.0 Å². The summed E-state index contributed by atoms with van der Waals surface area (Å²) in [4.78, 5) is 52.1. The van der Waals surface area contributed by atoms with Gasteiger partial charge in [0.2, 0.25) is 0 Å². The minimum atomic E-state index is -1.16. The quantitative estimate of drug-likeness (QED) is 0.181. The summed E-state index contributed by atoms with van der Waals surface area (Å²) in [5.74, 6) is -0.427. The first kappa shape index (κ1) is 35.9. The van der Waals surface area contributed by atoms with E-state index in [1.165, 1.54) is 10.5 Å². The lowest BCUT2D eigenvalue weighted by atomic mass is 9.32. The third kappa shape index (κ3) is 5.37. The summed E-state index contributed by atoms with van der Waals surface area (Å²) in [7, 11) is 3.27. The van der Waals surface area contributed by atoms with Gasteiger partial charge in [0.15, 0.2) is 0 Å². The minimum Gasteiger partial charge on any atom is -0.481 e. The van der Waals surface area contributed by atoms with Gasteiger partial charge in [0.1, 0.15) is 6.10 Å². The highest BCUT2D eigenvalue weighted by Gasteiger charge is 2.71. The smallest absolute Gasteiger partial charge is 0.311 e. The number of ether oxygens (including phenoxy) is 1. The molecule has 0 bridgehead atoms. The molecule has 5 saturated carbocycles. The normalized spacial score (nSPS) is 42.1. The fourth-order valence-corrected chi connectivity index (χ4v) is 12.7. The Balaban J connectivity index is 1.42. The van der Waals surface area contributed by atoms with Crippen LogP contribution < -0.4 is 5.32 Å². The zero-order chi connectivity index (χ0) is 35.1. The average Bonchev–Trinajstić information content (AvgIpc) is 3.33. The second-order valence-corrected chi connectivity index (χ2v) is 18.7. The average molecular weight is 655 g/mol. The monoisotopic (exact) mass is 654 g/mol. The van der Waals surface area contributed by atoms with Gasteiger partial charge in [0.05, 0.1) is 11.8 Å². The van der Waals surface area contributed by atoms with Crippen LogP contribution in [0.25, 0.3) is 0 Å². The van der Waals surface area contributed by atoms with E-state index in [9.17, 15) is 24.3 Å². The van der Waals surface area contributed by atoms with E-state index in [-0.39, 0.29) is 45.6 Å². The van der Waals surface area contributed by atoms with Crippen LogP contribution in [0.1, 0.15) is 126 Å². The van der Waals surface area contributed by atoms with Crippen molar-refractivity contribution in [3.8, 4) is 0 Å². The van der Waals surface area contributed by atoms with Crippen LogP contribution >= 0.6 is 0 Å². The van der Waals surface area contributed by atoms with Gasteiger partial charge in [-0.05, 0) is 131 Å². The second-order valence-electron chi connectivity index (χ2n) is 18.7. The lowest BCUT2D eigenvalue weighted by Crippen LogP contribution is -2.69. The molecule has 47 heavy (non-hydrogen) atoms. The van der Waals surface area contributed by atoms with Gasteiger partial charge in [-0.2, -0.15) is 0 Å². The molecular formula is C39H62N2O6. The summed E-state index contributed by atoms with van der Waals surface area (Å²) in [6.45, 7) is 21.9. The summed E-state index contributed by atoms with van der Waals surface area (Å²) in [5.41, 5.74) is -0.268. The van der Waals surface area contributed by atoms with Crippen LogP contribution in [-0.4, -0.2) is 59.5 Å². The van der Waals surface area contributed by atoms with Crippen LogP contribution in [0.4, 0.5) is 0 Å². The molecule has 5 rings (SSSR count). The number of carboxylic acid groups (broad SMARTS) is 1. The number of hydrogen-bond acceptors (Lipinski definition) is 5. The number of carbonyl (C=O) groups is 4. The largest absolute Gasteiger partial charge is 0.481 e. The molecule has 0 aromatic heterocycles. The zero-order valence-corrected chi connectivity index (χ0v) is 30.9. The maximum Gasteiger partial charge on any atom is 0.311 e. The lowest BCUT2D eigenvalue weighted by molar-refractivity contribution is -0.246. The van der Waals surface area contributed by atoms with E-state index in [0.717, 1.165) is 64.2 Å². The maximum atomic E-state index is 13.3.